The van der Waals surface area contributed by atoms with Crippen molar-refractivity contribution in [3.63, 3.8) is 0 Å². The number of hydrogen-bond acceptors (Lipinski definition) is 9. The highest BCUT2D eigenvalue weighted by Crippen LogP contribution is 2.32. The van der Waals surface area contributed by atoms with Gasteiger partial charge in [-0.2, -0.15) is 10.1 Å². The molecule has 2 aliphatic rings. The van der Waals surface area contributed by atoms with Crippen molar-refractivity contribution < 1.29 is 19.8 Å². The van der Waals surface area contributed by atoms with Crippen LogP contribution in [0.5, 0.6) is 0 Å². The van der Waals surface area contributed by atoms with Crippen LogP contribution in [0.4, 0.5) is 0 Å². The molecule has 0 spiro atoms. The Morgan fingerprint density at radius 2 is 1.80 bits per heavy atom. The van der Waals surface area contributed by atoms with Crippen LogP contribution >= 0.6 is 0 Å². The lowest BCUT2D eigenvalue weighted by Gasteiger charge is -2.32. The topological polar surface area (TPSA) is 136 Å². The molecule has 0 bridgehead atoms. The van der Waals surface area contributed by atoms with Gasteiger partial charge in [0.05, 0.1) is 24.0 Å². The summed E-state index contributed by atoms with van der Waals surface area (Å²) in [7, 11) is 0. The molecule has 4 aromatic rings. The fourth-order valence-corrected chi connectivity index (χ4v) is 6.28. The molecule has 0 radical (unpaired) electrons. The fourth-order valence-electron chi connectivity index (χ4n) is 6.28. The first-order valence-corrected chi connectivity index (χ1v) is 15.5. The number of benzene rings is 2. The van der Waals surface area contributed by atoms with Crippen LogP contribution in [0.2, 0.25) is 0 Å². The molecule has 11 nitrogen and oxygen atoms in total. The third-order valence-electron chi connectivity index (χ3n) is 8.74. The Hall–Kier alpha value is -4.06. The number of hydrogen-bond donors (Lipinski definition) is 3. The number of aliphatic hydroxyl groups is 2. The van der Waals surface area contributed by atoms with Gasteiger partial charge in [-0.3, -0.25) is 9.36 Å². The molecule has 0 amide bonds. The third kappa shape index (κ3) is 5.99. The molecule has 0 saturated heterocycles. The van der Waals surface area contributed by atoms with Gasteiger partial charge in [-0.1, -0.05) is 67.0 Å². The molecule has 3 atom stereocenters. The van der Waals surface area contributed by atoms with Crippen molar-refractivity contribution in [2.45, 2.75) is 96.5 Å². The Kier molecular flexibility index (Phi) is 8.79. The number of oxime groups is 1. The van der Waals surface area contributed by atoms with Gasteiger partial charge in [-0.25, -0.2) is 4.52 Å². The summed E-state index contributed by atoms with van der Waals surface area (Å²) >= 11 is 0. The minimum atomic E-state index is -1.16. The van der Waals surface area contributed by atoms with Crippen LogP contribution in [0.3, 0.4) is 0 Å². The zero-order valence-electron chi connectivity index (χ0n) is 25.4. The molecule has 3 heterocycles. The van der Waals surface area contributed by atoms with Gasteiger partial charge < -0.3 is 25.1 Å². The van der Waals surface area contributed by atoms with Gasteiger partial charge in [0.2, 0.25) is 5.78 Å². The first kappa shape index (κ1) is 30.0. The van der Waals surface area contributed by atoms with E-state index in [1.54, 1.807) is 6.92 Å². The Balaban J connectivity index is 1.29. The third-order valence-corrected chi connectivity index (χ3v) is 8.74. The molecule has 1 saturated carbocycles. The predicted octanol–water partition coefficient (Wildman–Crippen LogP) is 3.93. The molecular formula is C33H40N6O5. The summed E-state index contributed by atoms with van der Waals surface area (Å²) in [6.07, 6.45) is 4.99. The van der Waals surface area contributed by atoms with Crippen molar-refractivity contribution in [2.24, 2.45) is 5.16 Å². The van der Waals surface area contributed by atoms with Crippen LogP contribution in [0.15, 0.2) is 64.8 Å². The highest BCUT2D eigenvalue weighted by atomic mass is 16.7. The highest BCUT2D eigenvalue weighted by molar-refractivity contribution is 6.04. The summed E-state index contributed by atoms with van der Waals surface area (Å²) < 4.78 is 9.79. The van der Waals surface area contributed by atoms with Crippen molar-refractivity contribution in [1.29, 1.82) is 0 Å². The second-order valence-corrected chi connectivity index (χ2v) is 11.8. The molecule has 2 aromatic heterocycles. The first-order valence-electron chi connectivity index (χ1n) is 15.5. The molecule has 232 valence electrons. The van der Waals surface area contributed by atoms with E-state index in [2.05, 4.69) is 39.6 Å². The quantitative estimate of drug-likeness (QED) is 0.249. The SMILES string of the molecule is CCCc1c(Cc2ccc(-c3ccccc3C3=NOC(O)N3)cc2)c(=O)n([C@H]2CC[C@H](OC(C)C(C)O)CC2)c2ncnn12. The predicted molar refractivity (Wildman–Crippen MR) is 166 cm³/mol. The number of aryl methyl sites for hydroxylation is 1. The summed E-state index contributed by atoms with van der Waals surface area (Å²) in [5.74, 6) is 1.06. The highest BCUT2D eigenvalue weighted by Gasteiger charge is 2.29. The van der Waals surface area contributed by atoms with Gasteiger partial charge in [0, 0.05) is 23.6 Å². The van der Waals surface area contributed by atoms with Crippen molar-refractivity contribution in [3.05, 3.63) is 87.6 Å². The second kappa shape index (κ2) is 12.9. The molecule has 1 aliphatic carbocycles. The zero-order valence-corrected chi connectivity index (χ0v) is 25.4. The summed E-state index contributed by atoms with van der Waals surface area (Å²) in [5, 5.41) is 30.9. The molecular weight excluding hydrogens is 560 g/mol. The smallest absolute Gasteiger partial charge is 0.304 e. The molecule has 2 aromatic carbocycles. The maximum atomic E-state index is 14.3. The van der Waals surface area contributed by atoms with Crippen molar-refractivity contribution in [3.8, 4) is 11.1 Å². The summed E-state index contributed by atoms with van der Waals surface area (Å²) in [6, 6.07) is 16.0. The van der Waals surface area contributed by atoms with E-state index in [-0.39, 0.29) is 23.8 Å². The van der Waals surface area contributed by atoms with Crippen LogP contribution in [-0.4, -0.2) is 59.9 Å². The standard InChI is InChI=1S/C33H40N6O5/c1-4-7-29-28(18-22-10-12-23(13-11-22)26-8-5-6-9-27(26)30-36-33(42)44-37-30)31(41)38(32-34-19-35-39(29)32)24-14-16-25(17-15-24)43-21(3)20(2)40/h5-6,8-13,19-21,24-25,33,40,42H,4,7,14-18H2,1-3H3,(H,36,37)/t20?,21?,24-,25-,33?. The van der Waals surface area contributed by atoms with Crippen LogP contribution in [0.25, 0.3) is 16.9 Å². The van der Waals surface area contributed by atoms with E-state index >= 15 is 0 Å². The molecule has 11 heteroatoms. The van der Waals surface area contributed by atoms with Gasteiger partial charge >= 0.3 is 6.41 Å². The lowest BCUT2D eigenvalue weighted by molar-refractivity contribution is -0.0896. The number of rotatable bonds is 10. The lowest BCUT2D eigenvalue weighted by atomic mass is 9.92. The largest absolute Gasteiger partial charge is 0.391 e. The zero-order chi connectivity index (χ0) is 30.8. The Morgan fingerprint density at radius 3 is 2.45 bits per heavy atom. The lowest BCUT2D eigenvalue weighted by Crippen LogP contribution is -2.36. The molecule has 1 aliphatic heterocycles. The number of nitrogens with zero attached hydrogens (tertiary/aromatic N) is 5. The maximum Gasteiger partial charge on any atom is 0.304 e. The van der Waals surface area contributed by atoms with Crippen molar-refractivity contribution >= 4 is 11.6 Å². The Labute approximate surface area is 256 Å². The number of amidine groups is 1. The monoisotopic (exact) mass is 600 g/mol. The van der Waals surface area contributed by atoms with E-state index < -0.39 is 12.5 Å². The van der Waals surface area contributed by atoms with E-state index in [1.165, 1.54) is 6.33 Å². The molecule has 44 heavy (non-hydrogen) atoms. The van der Waals surface area contributed by atoms with E-state index in [0.29, 0.717) is 18.0 Å². The van der Waals surface area contributed by atoms with E-state index in [1.807, 2.05) is 52.4 Å². The number of aliphatic hydroxyl groups excluding tert-OH is 2. The number of ether oxygens (including phenoxy) is 1. The normalized spacial score (nSPS) is 21.5. The van der Waals surface area contributed by atoms with Crippen LogP contribution in [-0.2, 0) is 22.4 Å². The van der Waals surface area contributed by atoms with Gasteiger partial charge in [-0.05, 0) is 62.6 Å². The molecule has 3 N–H and O–H groups in total. The molecule has 1 fully saturated rings. The number of fused-ring (bicyclic) bond motifs is 1. The number of aromatic nitrogens is 4. The second-order valence-electron chi connectivity index (χ2n) is 11.8. The Bertz CT molecular complexity index is 1690. The van der Waals surface area contributed by atoms with Crippen LogP contribution in [0, 0.1) is 0 Å². The average Bonchev–Trinajstić information content (AvgIpc) is 3.69. The fraction of sp³-hybridized carbons (Fsp3) is 0.455. The van der Waals surface area contributed by atoms with Gasteiger partial charge in [0.25, 0.3) is 5.56 Å². The van der Waals surface area contributed by atoms with Gasteiger partial charge in [0.15, 0.2) is 5.84 Å². The minimum Gasteiger partial charge on any atom is -0.391 e. The van der Waals surface area contributed by atoms with Crippen LogP contribution < -0.4 is 10.9 Å². The van der Waals surface area contributed by atoms with E-state index in [4.69, 9.17) is 9.57 Å². The summed E-state index contributed by atoms with van der Waals surface area (Å²) in [4.78, 5) is 23.8. The minimum absolute atomic E-state index is 0.00109. The summed E-state index contributed by atoms with van der Waals surface area (Å²) in [6.45, 7) is 5.74. The Morgan fingerprint density at radius 1 is 1.07 bits per heavy atom. The first-order chi connectivity index (χ1) is 21.3. The molecule has 3 unspecified atom stereocenters. The average molecular weight is 601 g/mol. The van der Waals surface area contributed by atoms with Crippen LogP contribution in [0.1, 0.15) is 81.3 Å². The summed E-state index contributed by atoms with van der Waals surface area (Å²) in [5.41, 5.74) is 5.42. The van der Waals surface area contributed by atoms with Crippen molar-refractivity contribution in [1.82, 2.24) is 24.5 Å². The van der Waals surface area contributed by atoms with E-state index in [0.717, 1.165) is 72.0 Å². The van der Waals surface area contributed by atoms with Gasteiger partial charge in [0.1, 0.15) is 6.33 Å². The number of nitrogens with one attached hydrogen (secondary N) is 1. The van der Waals surface area contributed by atoms with Gasteiger partial charge in [-0.15, -0.1) is 0 Å². The molecule has 6 rings (SSSR count). The maximum absolute atomic E-state index is 14.3. The van der Waals surface area contributed by atoms with E-state index in [9.17, 15) is 15.0 Å². The van der Waals surface area contributed by atoms with Crippen molar-refractivity contribution in [2.75, 3.05) is 0 Å².